The Hall–Kier alpha value is -1.45. The normalized spacial score (nSPS) is 9.55. The van der Waals surface area contributed by atoms with Gasteiger partial charge in [0.2, 0.25) is 0 Å². The van der Waals surface area contributed by atoms with Crippen molar-refractivity contribution in [3.8, 4) is 0 Å². The van der Waals surface area contributed by atoms with Crippen molar-refractivity contribution in [1.29, 1.82) is 0 Å². The van der Waals surface area contributed by atoms with Gasteiger partial charge >= 0.3 is 0 Å². The summed E-state index contributed by atoms with van der Waals surface area (Å²) in [5.74, 6) is -0.194. The molecule has 0 saturated carbocycles. The zero-order valence-electron chi connectivity index (χ0n) is 6.15. The predicted octanol–water partition coefficient (Wildman–Crippen LogP) is 0.192. The molecule has 0 spiro atoms. The Morgan fingerprint density at radius 2 is 2.55 bits per heavy atom. The van der Waals surface area contributed by atoms with Crippen LogP contribution in [0.2, 0.25) is 0 Å². The minimum Gasteiger partial charge on any atom is -0.303 e. The first-order chi connectivity index (χ1) is 5.25. The average molecular weight is 152 g/mol. The number of hydrogen-bond acceptors (Lipinski definition) is 3. The molecule has 0 atom stereocenters. The van der Waals surface area contributed by atoms with Crippen molar-refractivity contribution in [2.24, 2.45) is 7.05 Å². The van der Waals surface area contributed by atoms with Gasteiger partial charge in [-0.15, -0.1) is 0 Å². The largest absolute Gasteiger partial charge is 0.303 e. The van der Waals surface area contributed by atoms with Crippen LogP contribution >= 0.6 is 0 Å². The molecular formula is C7H8N2O2. The highest BCUT2D eigenvalue weighted by atomic mass is 16.1. The summed E-state index contributed by atoms with van der Waals surface area (Å²) in [5.41, 5.74) is 0.470. The van der Waals surface area contributed by atoms with Crippen LogP contribution in [-0.4, -0.2) is 21.8 Å². The standard InChI is InChI=1S/C7H8N2O2/c1-9-6(2-4-8-9)7(11)3-5-10/h2,4-5H,3H2,1H3. The highest BCUT2D eigenvalue weighted by Gasteiger charge is 2.07. The molecule has 0 bridgehead atoms. The molecule has 1 aromatic rings. The number of ketones is 1. The third-order valence-corrected chi connectivity index (χ3v) is 1.38. The lowest BCUT2D eigenvalue weighted by atomic mass is 10.2. The van der Waals surface area contributed by atoms with E-state index in [0.29, 0.717) is 12.0 Å². The Morgan fingerprint density at radius 1 is 1.82 bits per heavy atom. The van der Waals surface area contributed by atoms with Crippen molar-refractivity contribution in [2.75, 3.05) is 0 Å². The molecule has 0 aliphatic heterocycles. The zero-order valence-corrected chi connectivity index (χ0v) is 6.15. The lowest BCUT2D eigenvalue weighted by Gasteiger charge is -1.95. The number of nitrogens with zero attached hydrogens (tertiary/aromatic N) is 2. The summed E-state index contributed by atoms with van der Waals surface area (Å²) in [7, 11) is 1.66. The van der Waals surface area contributed by atoms with E-state index in [1.807, 2.05) is 0 Å². The molecule has 11 heavy (non-hydrogen) atoms. The predicted molar refractivity (Wildman–Crippen MR) is 38.2 cm³/mol. The van der Waals surface area contributed by atoms with E-state index in [9.17, 15) is 9.59 Å². The van der Waals surface area contributed by atoms with Gasteiger partial charge < -0.3 is 4.79 Å². The van der Waals surface area contributed by atoms with E-state index in [2.05, 4.69) is 5.10 Å². The molecule has 0 amide bonds. The van der Waals surface area contributed by atoms with Crippen LogP contribution in [0.25, 0.3) is 0 Å². The molecule has 58 valence electrons. The second-order valence-electron chi connectivity index (χ2n) is 2.13. The highest BCUT2D eigenvalue weighted by molar-refractivity contribution is 6.01. The van der Waals surface area contributed by atoms with Gasteiger partial charge in [-0.05, 0) is 6.07 Å². The van der Waals surface area contributed by atoms with Crippen molar-refractivity contribution < 1.29 is 9.59 Å². The first-order valence-electron chi connectivity index (χ1n) is 3.20. The first kappa shape index (κ1) is 7.65. The van der Waals surface area contributed by atoms with Gasteiger partial charge in [-0.3, -0.25) is 9.48 Å². The number of carbonyl (C=O) groups excluding carboxylic acids is 2. The molecule has 0 aromatic carbocycles. The summed E-state index contributed by atoms with van der Waals surface area (Å²) in [4.78, 5) is 21.0. The molecule has 0 unspecified atom stereocenters. The fraction of sp³-hybridized carbons (Fsp3) is 0.286. The van der Waals surface area contributed by atoms with Crippen LogP contribution in [-0.2, 0) is 11.8 Å². The molecule has 0 radical (unpaired) electrons. The highest BCUT2D eigenvalue weighted by Crippen LogP contribution is 1.99. The van der Waals surface area contributed by atoms with Crippen LogP contribution in [0.4, 0.5) is 0 Å². The van der Waals surface area contributed by atoms with Gasteiger partial charge in [-0.1, -0.05) is 0 Å². The molecule has 0 aliphatic rings. The maximum Gasteiger partial charge on any atom is 0.187 e. The van der Waals surface area contributed by atoms with E-state index in [1.165, 1.54) is 10.9 Å². The summed E-state index contributed by atoms with van der Waals surface area (Å²) in [6.45, 7) is 0. The fourth-order valence-electron chi connectivity index (χ4n) is 0.828. The van der Waals surface area contributed by atoms with Gasteiger partial charge in [0, 0.05) is 13.2 Å². The molecule has 0 fully saturated rings. The lowest BCUT2D eigenvalue weighted by molar-refractivity contribution is -0.107. The van der Waals surface area contributed by atoms with Gasteiger partial charge in [-0.25, -0.2) is 0 Å². The summed E-state index contributed by atoms with van der Waals surface area (Å²) in [5, 5.41) is 3.80. The number of rotatable bonds is 3. The third kappa shape index (κ3) is 1.52. The minimum absolute atomic E-state index is 0.0699. The molecule has 1 heterocycles. The van der Waals surface area contributed by atoms with Gasteiger partial charge in [0.1, 0.15) is 12.0 Å². The van der Waals surface area contributed by atoms with Crippen molar-refractivity contribution >= 4 is 12.1 Å². The van der Waals surface area contributed by atoms with Crippen molar-refractivity contribution in [1.82, 2.24) is 9.78 Å². The molecule has 1 rings (SSSR count). The molecule has 4 nitrogen and oxygen atoms in total. The van der Waals surface area contributed by atoms with Gasteiger partial charge in [0.15, 0.2) is 5.78 Å². The van der Waals surface area contributed by atoms with Crippen molar-refractivity contribution in [2.45, 2.75) is 6.42 Å². The number of hydrogen-bond donors (Lipinski definition) is 0. The average Bonchev–Trinajstić information content (AvgIpc) is 2.36. The molecule has 4 heteroatoms. The first-order valence-corrected chi connectivity index (χ1v) is 3.20. The van der Waals surface area contributed by atoms with Crippen LogP contribution in [0.1, 0.15) is 16.9 Å². The lowest BCUT2D eigenvalue weighted by Crippen LogP contribution is -2.06. The maximum atomic E-state index is 11.0. The second kappa shape index (κ2) is 3.09. The van der Waals surface area contributed by atoms with E-state index in [4.69, 9.17) is 0 Å². The van der Waals surface area contributed by atoms with E-state index < -0.39 is 0 Å². The van der Waals surface area contributed by atoms with E-state index in [0.717, 1.165) is 0 Å². The minimum atomic E-state index is -0.194. The van der Waals surface area contributed by atoms with Crippen LogP contribution in [0.15, 0.2) is 12.3 Å². The van der Waals surface area contributed by atoms with Crippen LogP contribution in [0.3, 0.4) is 0 Å². The van der Waals surface area contributed by atoms with Crippen molar-refractivity contribution in [3.05, 3.63) is 18.0 Å². The molecule has 1 aromatic heterocycles. The maximum absolute atomic E-state index is 11.0. The van der Waals surface area contributed by atoms with Crippen LogP contribution in [0.5, 0.6) is 0 Å². The van der Waals surface area contributed by atoms with E-state index in [-0.39, 0.29) is 12.2 Å². The number of aromatic nitrogens is 2. The Morgan fingerprint density at radius 3 is 3.00 bits per heavy atom. The number of aldehydes is 1. The zero-order chi connectivity index (χ0) is 8.27. The van der Waals surface area contributed by atoms with Crippen LogP contribution in [0, 0.1) is 0 Å². The smallest absolute Gasteiger partial charge is 0.187 e. The fourth-order valence-corrected chi connectivity index (χ4v) is 0.828. The quantitative estimate of drug-likeness (QED) is 0.353. The van der Waals surface area contributed by atoms with E-state index >= 15 is 0 Å². The Balaban J connectivity index is 2.83. The second-order valence-corrected chi connectivity index (χ2v) is 2.13. The number of aryl methyl sites for hydroxylation is 1. The molecular weight excluding hydrogens is 144 g/mol. The number of Topliss-reactive ketones (excluding diaryl/α,β-unsaturated/α-hetero) is 1. The Bertz CT molecular complexity index is 278. The van der Waals surface area contributed by atoms with Gasteiger partial charge in [-0.2, -0.15) is 5.10 Å². The molecule has 0 aliphatic carbocycles. The van der Waals surface area contributed by atoms with Crippen LogP contribution < -0.4 is 0 Å². The van der Waals surface area contributed by atoms with Crippen molar-refractivity contribution in [3.63, 3.8) is 0 Å². The SMILES string of the molecule is Cn1nccc1C(=O)CC=O. The summed E-state index contributed by atoms with van der Waals surface area (Å²) >= 11 is 0. The summed E-state index contributed by atoms with van der Waals surface area (Å²) in [6.07, 6.45) is 2.05. The summed E-state index contributed by atoms with van der Waals surface area (Å²) < 4.78 is 1.45. The number of carbonyl (C=O) groups is 2. The van der Waals surface area contributed by atoms with Gasteiger partial charge in [0.25, 0.3) is 0 Å². The molecule has 0 saturated heterocycles. The van der Waals surface area contributed by atoms with Gasteiger partial charge in [0.05, 0.1) is 6.42 Å². The summed E-state index contributed by atoms with van der Waals surface area (Å²) in [6, 6.07) is 1.59. The topological polar surface area (TPSA) is 52.0 Å². The van der Waals surface area contributed by atoms with E-state index in [1.54, 1.807) is 13.1 Å². The molecule has 0 N–H and O–H groups in total. The Kier molecular flexibility index (Phi) is 2.15. The Labute approximate surface area is 63.8 Å². The third-order valence-electron chi connectivity index (χ3n) is 1.38. The monoisotopic (exact) mass is 152 g/mol.